The molecule has 2 fully saturated rings. The molecule has 0 unspecified atom stereocenters. The normalized spacial score (nSPS) is 20.0. The van der Waals surface area contributed by atoms with Gasteiger partial charge in [-0.05, 0) is 19.3 Å². The maximum atomic E-state index is 5.34. The van der Waals surface area contributed by atoms with Gasteiger partial charge < -0.3 is 9.80 Å². The van der Waals surface area contributed by atoms with E-state index in [4.69, 9.17) is 6.42 Å². The van der Waals surface area contributed by atoms with Crippen LogP contribution >= 0.6 is 0 Å². The number of piperidine rings is 1. The van der Waals surface area contributed by atoms with Crippen molar-refractivity contribution in [3.05, 3.63) is 12.4 Å². The smallest absolute Gasteiger partial charge is 0.134 e. The first-order valence-corrected chi connectivity index (χ1v) is 8.34. The molecule has 2 aliphatic heterocycles. The minimum atomic E-state index is 0.840. The van der Waals surface area contributed by atoms with E-state index >= 15 is 0 Å². The van der Waals surface area contributed by atoms with Gasteiger partial charge >= 0.3 is 0 Å². The Hall–Kier alpha value is -1.80. The van der Waals surface area contributed by atoms with Crippen molar-refractivity contribution in [2.45, 2.75) is 25.7 Å². The first-order chi connectivity index (χ1) is 10.9. The fourth-order valence-corrected chi connectivity index (χ4v) is 3.23. The minimum absolute atomic E-state index is 0.840. The van der Waals surface area contributed by atoms with Crippen LogP contribution in [0.3, 0.4) is 0 Å². The van der Waals surface area contributed by atoms with Gasteiger partial charge in [-0.1, -0.05) is 0 Å². The number of piperazine rings is 1. The molecule has 0 aromatic carbocycles. The molecule has 0 radical (unpaired) electrons. The second kappa shape index (κ2) is 7.46. The Kier molecular flexibility index (Phi) is 5.12. The largest absolute Gasteiger partial charge is 0.356 e. The molecule has 0 spiro atoms. The van der Waals surface area contributed by atoms with Gasteiger partial charge in [0.15, 0.2) is 0 Å². The molecule has 0 N–H and O–H groups in total. The van der Waals surface area contributed by atoms with Crippen LogP contribution in [-0.2, 0) is 0 Å². The van der Waals surface area contributed by atoms with Crippen LogP contribution in [0.25, 0.3) is 0 Å². The van der Waals surface area contributed by atoms with Crippen LogP contribution in [0.2, 0.25) is 0 Å². The van der Waals surface area contributed by atoms with E-state index in [9.17, 15) is 0 Å². The van der Waals surface area contributed by atoms with Gasteiger partial charge in [0, 0.05) is 58.3 Å². The van der Waals surface area contributed by atoms with Gasteiger partial charge in [-0.3, -0.25) is 4.90 Å². The second-order valence-corrected chi connectivity index (χ2v) is 6.06. The molecule has 0 saturated carbocycles. The number of nitrogens with zero attached hydrogens (tertiary/aromatic N) is 5. The molecular formula is C17H25N5. The molecular weight excluding hydrogens is 274 g/mol. The highest BCUT2D eigenvalue weighted by molar-refractivity contribution is 5.50. The van der Waals surface area contributed by atoms with E-state index in [0.29, 0.717) is 0 Å². The van der Waals surface area contributed by atoms with Gasteiger partial charge in [0.25, 0.3) is 0 Å². The predicted octanol–water partition coefficient (Wildman–Crippen LogP) is 1.61. The summed E-state index contributed by atoms with van der Waals surface area (Å²) in [4.78, 5) is 16.1. The molecule has 0 atom stereocenters. The molecule has 1 aromatic heterocycles. The number of rotatable bonds is 4. The van der Waals surface area contributed by atoms with Crippen molar-refractivity contribution in [2.75, 3.05) is 55.6 Å². The molecule has 3 rings (SSSR count). The Balaban J connectivity index is 1.60. The lowest BCUT2D eigenvalue weighted by Gasteiger charge is -2.35. The van der Waals surface area contributed by atoms with Gasteiger partial charge in [0.1, 0.15) is 18.0 Å². The van der Waals surface area contributed by atoms with E-state index in [2.05, 4.69) is 36.7 Å². The van der Waals surface area contributed by atoms with Gasteiger partial charge in [-0.25, -0.2) is 9.97 Å². The highest BCUT2D eigenvalue weighted by Crippen LogP contribution is 2.21. The van der Waals surface area contributed by atoms with E-state index in [1.54, 1.807) is 6.33 Å². The minimum Gasteiger partial charge on any atom is -0.356 e. The highest BCUT2D eigenvalue weighted by Gasteiger charge is 2.19. The number of anilines is 2. The SMILES string of the molecule is C#CCCN1CCN(c2cc(N3CCCCC3)ncn2)CC1. The van der Waals surface area contributed by atoms with Crippen LogP contribution in [-0.4, -0.2) is 60.7 Å². The van der Waals surface area contributed by atoms with Crippen molar-refractivity contribution >= 4 is 11.6 Å². The lowest BCUT2D eigenvalue weighted by molar-refractivity contribution is 0.263. The first-order valence-electron chi connectivity index (χ1n) is 8.34. The fraction of sp³-hybridized carbons (Fsp3) is 0.647. The summed E-state index contributed by atoms with van der Waals surface area (Å²) in [5.41, 5.74) is 0. The third-order valence-corrected chi connectivity index (χ3v) is 4.59. The molecule has 0 amide bonds. The van der Waals surface area contributed by atoms with Gasteiger partial charge in [0.05, 0.1) is 0 Å². The zero-order chi connectivity index (χ0) is 15.2. The average Bonchev–Trinajstić information content (AvgIpc) is 2.61. The van der Waals surface area contributed by atoms with Crippen molar-refractivity contribution in [2.24, 2.45) is 0 Å². The maximum Gasteiger partial charge on any atom is 0.134 e. The topological polar surface area (TPSA) is 35.5 Å². The monoisotopic (exact) mass is 299 g/mol. The molecule has 0 bridgehead atoms. The van der Waals surface area contributed by atoms with Gasteiger partial charge in [-0.2, -0.15) is 0 Å². The lowest BCUT2D eigenvalue weighted by Crippen LogP contribution is -2.47. The van der Waals surface area contributed by atoms with E-state index < -0.39 is 0 Å². The van der Waals surface area contributed by atoms with Crippen LogP contribution in [0.1, 0.15) is 25.7 Å². The standard InChI is InChI=1S/C17H25N5/c1-2-3-7-20-10-12-22(13-11-20)17-14-16(18-15-19-17)21-8-5-4-6-9-21/h1,14-15H,3-13H2. The molecule has 0 aliphatic carbocycles. The van der Waals surface area contributed by atoms with Crippen LogP contribution in [0.4, 0.5) is 11.6 Å². The third kappa shape index (κ3) is 3.69. The van der Waals surface area contributed by atoms with E-state index in [0.717, 1.165) is 63.9 Å². The summed E-state index contributed by atoms with van der Waals surface area (Å²) in [5.74, 6) is 4.87. The van der Waals surface area contributed by atoms with Crippen molar-refractivity contribution in [1.82, 2.24) is 14.9 Å². The fourth-order valence-electron chi connectivity index (χ4n) is 3.23. The number of hydrogen-bond donors (Lipinski definition) is 0. The van der Waals surface area contributed by atoms with E-state index in [1.807, 2.05) is 0 Å². The number of hydrogen-bond acceptors (Lipinski definition) is 5. The quantitative estimate of drug-likeness (QED) is 0.789. The van der Waals surface area contributed by atoms with Crippen molar-refractivity contribution < 1.29 is 0 Å². The van der Waals surface area contributed by atoms with Crippen molar-refractivity contribution in [3.8, 4) is 12.3 Å². The molecule has 5 heteroatoms. The van der Waals surface area contributed by atoms with Crippen LogP contribution in [0.15, 0.2) is 12.4 Å². The molecule has 118 valence electrons. The molecule has 1 aromatic rings. The van der Waals surface area contributed by atoms with Crippen LogP contribution < -0.4 is 9.80 Å². The summed E-state index contributed by atoms with van der Waals surface area (Å²) in [7, 11) is 0. The molecule has 2 aliphatic rings. The lowest BCUT2D eigenvalue weighted by atomic mass is 10.1. The van der Waals surface area contributed by atoms with Gasteiger partial charge in [0.2, 0.25) is 0 Å². The van der Waals surface area contributed by atoms with Crippen molar-refractivity contribution in [3.63, 3.8) is 0 Å². The molecule has 3 heterocycles. The zero-order valence-corrected chi connectivity index (χ0v) is 13.2. The molecule has 5 nitrogen and oxygen atoms in total. The second-order valence-electron chi connectivity index (χ2n) is 6.06. The number of aromatic nitrogens is 2. The Morgan fingerprint density at radius 3 is 2.18 bits per heavy atom. The molecule has 2 saturated heterocycles. The molecule has 22 heavy (non-hydrogen) atoms. The van der Waals surface area contributed by atoms with Crippen LogP contribution in [0, 0.1) is 12.3 Å². The Labute approximate surface area is 133 Å². The Morgan fingerprint density at radius 1 is 0.909 bits per heavy atom. The summed E-state index contributed by atoms with van der Waals surface area (Å²) in [5, 5.41) is 0. The van der Waals surface area contributed by atoms with Gasteiger partial charge in [-0.15, -0.1) is 12.3 Å². The van der Waals surface area contributed by atoms with E-state index in [1.165, 1.54) is 19.3 Å². The van der Waals surface area contributed by atoms with Crippen molar-refractivity contribution in [1.29, 1.82) is 0 Å². The zero-order valence-electron chi connectivity index (χ0n) is 13.2. The summed E-state index contributed by atoms with van der Waals surface area (Å²) in [6.07, 6.45) is 11.8. The summed E-state index contributed by atoms with van der Waals surface area (Å²) in [6.45, 7) is 7.40. The Bertz CT molecular complexity index is 510. The Morgan fingerprint density at radius 2 is 1.55 bits per heavy atom. The van der Waals surface area contributed by atoms with E-state index in [-0.39, 0.29) is 0 Å². The summed E-state index contributed by atoms with van der Waals surface area (Å²) in [6, 6.07) is 2.16. The third-order valence-electron chi connectivity index (χ3n) is 4.59. The van der Waals surface area contributed by atoms with Crippen LogP contribution in [0.5, 0.6) is 0 Å². The first kappa shape index (κ1) is 15.1. The number of terminal acetylenes is 1. The summed E-state index contributed by atoms with van der Waals surface area (Å²) >= 11 is 0. The summed E-state index contributed by atoms with van der Waals surface area (Å²) < 4.78 is 0. The maximum absolute atomic E-state index is 5.34. The highest BCUT2D eigenvalue weighted by atomic mass is 15.3. The predicted molar refractivity (Wildman–Crippen MR) is 90.2 cm³/mol. The average molecular weight is 299 g/mol.